The molecule has 0 spiro atoms. The lowest BCUT2D eigenvalue weighted by Crippen LogP contribution is -2.54. The van der Waals surface area contributed by atoms with Gasteiger partial charge < -0.3 is 5.32 Å². The van der Waals surface area contributed by atoms with Crippen molar-refractivity contribution in [3.8, 4) is 0 Å². The maximum atomic E-state index is 3.70. The van der Waals surface area contributed by atoms with Gasteiger partial charge in [0, 0.05) is 12.0 Å². The second kappa shape index (κ2) is 7.45. The Morgan fingerprint density at radius 2 is 1.52 bits per heavy atom. The van der Waals surface area contributed by atoms with Crippen molar-refractivity contribution in [3.63, 3.8) is 0 Å². The van der Waals surface area contributed by atoms with Crippen molar-refractivity contribution in [1.82, 2.24) is 5.32 Å². The van der Waals surface area contributed by atoms with Gasteiger partial charge in [-0.15, -0.1) is 0 Å². The third kappa shape index (κ3) is 3.69. The monoisotopic (exact) mass is 287 g/mol. The third-order valence-corrected chi connectivity index (χ3v) is 5.26. The molecule has 0 radical (unpaired) electrons. The Morgan fingerprint density at radius 3 is 2.05 bits per heavy atom. The van der Waals surface area contributed by atoms with E-state index >= 15 is 0 Å². The summed E-state index contributed by atoms with van der Waals surface area (Å²) in [6.45, 7) is 9.23. The van der Waals surface area contributed by atoms with E-state index in [9.17, 15) is 0 Å². The molecule has 2 rings (SSSR count). The Morgan fingerprint density at radius 1 is 0.905 bits per heavy atom. The van der Waals surface area contributed by atoms with Crippen LogP contribution in [0.2, 0.25) is 0 Å². The number of hydrogen-bond acceptors (Lipinski definition) is 1. The van der Waals surface area contributed by atoms with Crippen LogP contribution in [0.25, 0.3) is 0 Å². The van der Waals surface area contributed by atoms with E-state index in [1.54, 1.807) is 5.56 Å². The first-order chi connectivity index (χ1) is 10.2. The molecule has 1 aromatic carbocycles. The molecule has 0 heterocycles. The van der Waals surface area contributed by atoms with Crippen molar-refractivity contribution >= 4 is 0 Å². The summed E-state index contributed by atoms with van der Waals surface area (Å²) in [5.74, 6) is 0. The number of nitrogens with one attached hydrogen (secondary N) is 1. The molecule has 0 bridgehead atoms. The fourth-order valence-corrected chi connectivity index (χ4v) is 4.65. The lowest BCUT2D eigenvalue weighted by molar-refractivity contribution is 0.00296. The number of benzene rings is 1. The van der Waals surface area contributed by atoms with Crippen molar-refractivity contribution < 1.29 is 0 Å². The molecule has 0 atom stereocenters. The van der Waals surface area contributed by atoms with Gasteiger partial charge in [0.15, 0.2) is 0 Å². The summed E-state index contributed by atoms with van der Waals surface area (Å²) in [5, 5.41) is 3.70. The van der Waals surface area contributed by atoms with Crippen LogP contribution in [0.5, 0.6) is 0 Å². The van der Waals surface area contributed by atoms with Gasteiger partial charge in [-0.3, -0.25) is 0 Å². The fourth-order valence-electron chi connectivity index (χ4n) is 4.65. The highest BCUT2D eigenvalue weighted by atomic mass is 14.9. The SMILES string of the molecule is CCCNCC1(c2ccccc2)CC(CCC)(CCC)C1. The van der Waals surface area contributed by atoms with Crippen molar-refractivity contribution in [2.75, 3.05) is 13.1 Å². The highest BCUT2D eigenvalue weighted by Crippen LogP contribution is 2.59. The summed E-state index contributed by atoms with van der Waals surface area (Å²) < 4.78 is 0. The van der Waals surface area contributed by atoms with Gasteiger partial charge in [-0.25, -0.2) is 0 Å². The van der Waals surface area contributed by atoms with E-state index in [-0.39, 0.29) is 0 Å². The van der Waals surface area contributed by atoms with Gasteiger partial charge in [-0.2, -0.15) is 0 Å². The summed E-state index contributed by atoms with van der Waals surface area (Å²) in [5.41, 5.74) is 2.56. The standard InChI is InChI=1S/C20H33N/c1-4-12-19(13-5-2)15-20(16-19,17-21-14-6-3)18-10-8-7-9-11-18/h7-11,21H,4-6,12-17H2,1-3H3. The van der Waals surface area contributed by atoms with Crippen LogP contribution in [-0.4, -0.2) is 13.1 Å². The van der Waals surface area contributed by atoms with E-state index in [1.165, 1.54) is 44.9 Å². The van der Waals surface area contributed by atoms with E-state index in [0.717, 1.165) is 13.1 Å². The van der Waals surface area contributed by atoms with Gasteiger partial charge in [0.1, 0.15) is 0 Å². The maximum absolute atomic E-state index is 3.70. The van der Waals surface area contributed by atoms with Crippen LogP contribution in [0, 0.1) is 5.41 Å². The minimum atomic E-state index is 0.390. The Labute approximate surface area is 131 Å². The summed E-state index contributed by atoms with van der Waals surface area (Å²) in [6, 6.07) is 11.2. The zero-order valence-electron chi connectivity index (χ0n) is 14.3. The van der Waals surface area contributed by atoms with Crippen LogP contribution >= 0.6 is 0 Å². The fraction of sp³-hybridized carbons (Fsp3) is 0.700. The predicted molar refractivity (Wildman–Crippen MR) is 92.8 cm³/mol. The van der Waals surface area contributed by atoms with E-state index in [4.69, 9.17) is 0 Å². The van der Waals surface area contributed by atoms with Gasteiger partial charge in [-0.05, 0) is 49.6 Å². The normalized spacial score (nSPS) is 19.2. The van der Waals surface area contributed by atoms with Crippen LogP contribution < -0.4 is 5.32 Å². The second-order valence-electron chi connectivity index (χ2n) is 7.18. The number of rotatable bonds is 9. The first kappa shape index (κ1) is 16.5. The van der Waals surface area contributed by atoms with Gasteiger partial charge >= 0.3 is 0 Å². The van der Waals surface area contributed by atoms with Crippen LogP contribution in [0.4, 0.5) is 0 Å². The Kier molecular flexibility index (Phi) is 5.87. The molecule has 1 aliphatic rings. The summed E-state index contributed by atoms with van der Waals surface area (Å²) in [6.07, 6.45) is 9.44. The minimum absolute atomic E-state index is 0.390. The third-order valence-electron chi connectivity index (χ3n) is 5.26. The molecule has 0 aromatic heterocycles. The zero-order chi connectivity index (χ0) is 15.2. The topological polar surface area (TPSA) is 12.0 Å². The highest BCUT2D eigenvalue weighted by Gasteiger charge is 2.53. The highest BCUT2D eigenvalue weighted by molar-refractivity contribution is 5.31. The van der Waals surface area contributed by atoms with Crippen molar-refractivity contribution in [1.29, 1.82) is 0 Å². The zero-order valence-corrected chi connectivity index (χ0v) is 14.3. The van der Waals surface area contributed by atoms with Gasteiger partial charge in [0.2, 0.25) is 0 Å². The summed E-state index contributed by atoms with van der Waals surface area (Å²) in [7, 11) is 0. The molecule has 1 aromatic rings. The van der Waals surface area contributed by atoms with Crippen molar-refractivity contribution in [3.05, 3.63) is 35.9 Å². The Balaban J connectivity index is 2.13. The first-order valence-electron chi connectivity index (χ1n) is 8.96. The van der Waals surface area contributed by atoms with Crippen molar-refractivity contribution in [2.24, 2.45) is 5.41 Å². The number of hydrogen-bond donors (Lipinski definition) is 1. The Hall–Kier alpha value is -0.820. The second-order valence-corrected chi connectivity index (χ2v) is 7.18. The summed E-state index contributed by atoms with van der Waals surface area (Å²) >= 11 is 0. The van der Waals surface area contributed by atoms with Crippen molar-refractivity contribution in [2.45, 2.75) is 71.1 Å². The largest absolute Gasteiger partial charge is 0.316 e. The molecular weight excluding hydrogens is 254 g/mol. The molecule has 0 unspecified atom stereocenters. The van der Waals surface area contributed by atoms with Gasteiger partial charge in [-0.1, -0.05) is 63.9 Å². The molecule has 0 saturated heterocycles. The molecule has 1 nitrogen and oxygen atoms in total. The average molecular weight is 287 g/mol. The smallest absolute Gasteiger partial charge is 0.00883 e. The average Bonchev–Trinajstić information content (AvgIpc) is 2.46. The lowest BCUT2D eigenvalue weighted by atomic mass is 9.48. The van der Waals surface area contributed by atoms with Crippen LogP contribution in [-0.2, 0) is 5.41 Å². The maximum Gasteiger partial charge on any atom is 0.00883 e. The Bertz CT molecular complexity index is 395. The van der Waals surface area contributed by atoms with E-state index in [0.29, 0.717) is 10.8 Å². The minimum Gasteiger partial charge on any atom is -0.316 e. The van der Waals surface area contributed by atoms with Gasteiger partial charge in [0.05, 0.1) is 0 Å². The molecule has 1 heteroatoms. The summed E-state index contributed by atoms with van der Waals surface area (Å²) in [4.78, 5) is 0. The molecule has 1 fully saturated rings. The van der Waals surface area contributed by atoms with E-state index in [2.05, 4.69) is 56.4 Å². The quantitative estimate of drug-likeness (QED) is 0.607. The van der Waals surface area contributed by atoms with E-state index in [1.807, 2.05) is 0 Å². The molecule has 0 amide bonds. The molecule has 1 N–H and O–H groups in total. The molecule has 1 saturated carbocycles. The van der Waals surface area contributed by atoms with Crippen LogP contribution in [0.3, 0.4) is 0 Å². The molecule has 21 heavy (non-hydrogen) atoms. The molecular formula is C20H33N. The van der Waals surface area contributed by atoms with E-state index < -0.39 is 0 Å². The predicted octanol–water partition coefficient (Wildman–Crippen LogP) is 5.30. The van der Waals surface area contributed by atoms with Crippen LogP contribution in [0.15, 0.2) is 30.3 Å². The molecule has 118 valence electrons. The van der Waals surface area contributed by atoms with Gasteiger partial charge in [0.25, 0.3) is 0 Å². The van der Waals surface area contributed by atoms with Crippen LogP contribution in [0.1, 0.15) is 71.3 Å². The first-order valence-corrected chi connectivity index (χ1v) is 8.96. The molecule has 0 aliphatic heterocycles. The molecule has 1 aliphatic carbocycles. The lowest BCUT2D eigenvalue weighted by Gasteiger charge is -2.58.